The maximum Gasteiger partial charge on any atom is 0.222 e. The van der Waals surface area contributed by atoms with Crippen LogP contribution in [0.4, 0.5) is 11.8 Å². The third kappa shape index (κ3) is 5.41. The molecule has 3 aromatic heterocycles. The quantitative estimate of drug-likeness (QED) is 0.286. The Kier molecular flexibility index (Phi) is 7.58. The number of fused-ring (bicyclic) bond motifs is 1. The van der Waals surface area contributed by atoms with E-state index in [9.17, 15) is 0 Å². The molecule has 0 fully saturated rings. The number of nitrogens with zero attached hydrogens (tertiary/aromatic N) is 6. The Morgan fingerprint density at radius 2 is 2.03 bits per heavy atom. The highest BCUT2D eigenvalue weighted by atomic mass is 127. The first kappa shape index (κ1) is 25.3. The predicted molar refractivity (Wildman–Crippen MR) is 150 cm³/mol. The number of rotatable bonds is 8. The van der Waals surface area contributed by atoms with E-state index in [-0.39, 0.29) is 11.4 Å². The maximum absolute atomic E-state index is 6.01. The fourth-order valence-electron chi connectivity index (χ4n) is 4.17. The minimum absolute atomic E-state index is 0.156. The van der Waals surface area contributed by atoms with Crippen LogP contribution in [0.15, 0.2) is 17.1 Å². The summed E-state index contributed by atoms with van der Waals surface area (Å²) in [5.74, 6) is 1.65. The number of nitrogens with two attached hydrogens (primary N) is 1. The fourth-order valence-corrected chi connectivity index (χ4v) is 4.81. The van der Waals surface area contributed by atoms with E-state index in [1.807, 2.05) is 10.9 Å². The number of allylic oxidation sites excluding steroid dienone is 1. The molecule has 9 nitrogen and oxygen atoms in total. The molecule has 0 unspecified atom stereocenters. The number of halogens is 1. The number of ether oxygens (including phenoxy) is 1. The summed E-state index contributed by atoms with van der Waals surface area (Å²) in [6, 6.07) is 2.11. The summed E-state index contributed by atoms with van der Waals surface area (Å²) in [4.78, 5) is 18.5. The van der Waals surface area contributed by atoms with Crippen molar-refractivity contribution in [2.75, 3.05) is 31.2 Å². The number of methoxy groups -OCH3 is 1. The van der Waals surface area contributed by atoms with E-state index in [1.54, 1.807) is 7.11 Å². The largest absolute Gasteiger partial charge is 0.495 e. The average Bonchev–Trinajstić information content (AvgIpc) is 3.13. The van der Waals surface area contributed by atoms with Crippen molar-refractivity contribution >= 4 is 57.2 Å². The Morgan fingerprint density at radius 1 is 1.23 bits per heavy atom. The van der Waals surface area contributed by atoms with Gasteiger partial charge in [0.05, 0.1) is 25.9 Å². The molecule has 0 bridgehead atoms. The first-order chi connectivity index (χ1) is 16.7. The summed E-state index contributed by atoms with van der Waals surface area (Å²) in [5, 5.41) is 8.19. The first-order valence-corrected chi connectivity index (χ1v) is 13.0. The van der Waals surface area contributed by atoms with Crippen LogP contribution >= 0.6 is 22.6 Å². The van der Waals surface area contributed by atoms with E-state index in [0.717, 1.165) is 63.2 Å². The van der Waals surface area contributed by atoms with Crippen molar-refractivity contribution in [3.63, 3.8) is 0 Å². The van der Waals surface area contributed by atoms with Crippen molar-refractivity contribution in [3.8, 4) is 5.75 Å². The van der Waals surface area contributed by atoms with Crippen molar-refractivity contribution in [1.29, 1.82) is 0 Å². The molecule has 0 aromatic carbocycles. The van der Waals surface area contributed by atoms with Crippen LogP contribution in [-0.4, -0.2) is 51.1 Å². The van der Waals surface area contributed by atoms with Gasteiger partial charge in [-0.1, -0.05) is 40.2 Å². The lowest BCUT2D eigenvalue weighted by molar-refractivity contribution is 0.402. The molecule has 0 spiro atoms. The van der Waals surface area contributed by atoms with Crippen molar-refractivity contribution in [1.82, 2.24) is 24.7 Å². The molecule has 4 heterocycles. The first-order valence-electron chi connectivity index (χ1n) is 11.9. The summed E-state index contributed by atoms with van der Waals surface area (Å²) >= 11 is 2.20. The molecule has 0 saturated carbocycles. The van der Waals surface area contributed by atoms with E-state index in [2.05, 4.69) is 82.7 Å². The Balaban J connectivity index is 1.82. The summed E-state index contributed by atoms with van der Waals surface area (Å²) in [6.45, 7) is 10.6. The molecular weight excluding hydrogens is 555 g/mol. The normalized spacial score (nSPS) is 13.8. The van der Waals surface area contributed by atoms with Crippen molar-refractivity contribution < 1.29 is 4.74 Å². The number of nitrogen functional groups attached to an aromatic ring is 1. The topological polar surface area (TPSA) is 116 Å². The van der Waals surface area contributed by atoms with Gasteiger partial charge in [0.2, 0.25) is 5.95 Å². The molecule has 0 radical (unpaired) electrons. The lowest BCUT2D eigenvalue weighted by Crippen LogP contribution is -2.20. The number of anilines is 2. The van der Waals surface area contributed by atoms with E-state index >= 15 is 0 Å². The standard InChI is InChI=1S/C25H33IN8O/c1-6-7-10-29-23-20-19(31-24(27)32-23)22(26)33-34(20)14-17-18(35-5)13-16(15-8-11-28-12-9-15)21(30-17)25(2,3)4/h8,12-13H,6-7,9-11,14H2,1-5H3,(H3,27,29,31,32). The van der Waals surface area contributed by atoms with Gasteiger partial charge in [0.15, 0.2) is 5.82 Å². The highest BCUT2D eigenvalue weighted by Gasteiger charge is 2.26. The van der Waals surface area contributed by atoms with Crippen LogP contribution in [0, 0.1) is 3.70 Å². The third-order valence-corrected chi connectivity index (χ3v) is 6.63. The highest BCUT2D eigenvalue weighted by Crippen LogP contribution is 2.35. The van der Waals surface area contributed by atoms with E-state index in [0.29, 0.717) is 18.9 Å². The predicted octanol–water partition coefficient (Wildman–Crippen LogP) is 4.83. The van der Waals surface area contributed by atoms with Crippen LogP contribution in [-0.2, 0) is 12.0 Å². The summed E-state index contributed by atoms with van der Waals surface area (Å²) in [7, 11) is 1.68. The molecule has 4 rings (SSSR count). The second-order valence-corrected chi connectivity index (χ2v) is 10.6. The molecule has 35 heavy (non-hydrogen) atoms. The Hall–Kier alpha value is -2.76. The number of nitrogens with one attached hydrogen (secondary N) is 1. The van der Waals surface area contributed by atoms with Gasteiger partial charge in [0.25, 0.3) is 0 Å². The zero-order valence-corrected chi connectivity index (χ0v) is 23.2. The molecule has 0 amide bonds. The molecule has 186 valence electrons. The molecule has 1 aliphatic heterocycles. The van der Waals surface area contributed by atoms with E-state index in [4.69, 9.17) is 20.6 Å². The van der Waals surface area contributed by atoms with E-state index in [1.165, 1.54) is 5.57 Å². The van der Waals surface area contributed by atoms with Gasteiger partial charge in [-0.2, -0.15) is 10.1 Å². The second-order valence-electron chi connectivity index (χ2n) is 9.62. The SMILES string of the molecule is CCCCNc1nc(N)nc2c(I)nn(Cc3nc(C(C)(C)C)c(C4=CCN=CC4)cc3OC)c12. The van der Waals surface area contributed by atoms with Gasteiger partial charge in [-0.3, -0.25) is 14.7 Å². The minimum Gasteiger partial charge on any atom is -0.495 e. The minimum atomic E-state index is -0.156. The molecule has 3 N–H and O–H groups in total. The number of pyridine rings is 1. The Bertz CT molecular complexity index is 1290. The molecule has 1 aliphatic rings. The fraction of sp³-hybridized carbons (Fsp3) is 0.480. The van der Waals surface area contributed by atoms with Gasteiger partial charge >= 0.3 is 0 Å². The summed E-state index contributed by atoms with van der Waals surface area (Å²) in [6.07, 6.45) is 7.05. The zero-order chi connectivity index (χ0) is 25.2. The molecule has 10 heteroatoms. The van der Waals surface area contributed by atoms with E-state index < -0.39 is 0 Å². The van der Waals surface area contributed by atoms with Gasteiger partial charge in [0, 0.05) is 30.2 Å². The molecule has 0 aliphatic carbocycles. The number of dihydropyridines is 1. The lowest BCUT2D eigenvalue weighted by Gasteiger charge is -2.25. The van der Waals surface area contributed by atoms with Crippen LogP contribution in [0.5, 0.6) is 5.75 Å². The summed E-state index contributed by atoms with van der Waals surface area (Å²) in [5.41, 5.74) is 11.6. The smallest absolute Gasteiger partial charge is 0.222 e. The Labute approximate surface area is 219 Å². The monoisotopic (exact) mass is 588 g/mol. The van der Waals surface area contributed by atoms with Crippen LogP contribution in [0.25, 0.3) is 16.6 Å². The van der Waals surface area contributed by atoms with Crippen molar-refractivity contribution in [3.05, 3.63) is 32.8 Å². The number of hydrogen-bond donors (Lipinski definition) is 2. The van der Waals surface area contributed by atoms with Crippen LogP contribution < -0.4 is 15.8 Å². The van der Waals surface area contributed by atoms with Crippen molar-refractivity contribution in [2.24, 2.45) is 4.99 Å². The Morgan fingerprint density at radius 3 is 2.69 bits per heavy atom. The van der Waals surface area contributed by atoms with Crippen LogP contribution in [0.2, 0.25) is 0 Å². The molecular formula is C25H33IN8O. The van der Waals surface area contributed by atoms with Gasteiger partial charge in [-0.05, 0) is 40.7 Å². The maximum atomic E-state index is 6.01. The third-order valence-electron chi connectivity index (χ3n) is 5.91. The van der Waals surface area contributed by atoms with Gasteiger partial charge < -0.3 is 15.8 Å². The highest BCUT2D eigenvalue weighted by molar-refractivity contribution is 14.1. The molecule has 0 saturated heterocycles. The zero-order valence-electron chi connectivity index (χ0n) is 21.0. The number of hydrogen-bond acceptors (Lipinski definition) is 8. The second kappa shape index (κ2) is 10.5. The van der Waals surface area contributed by atoms with Gasteiger partial charge in [-0.15, -0.1) is 0 Å². The van der Waals surface area contributed by atoms with Crippen LogP contribution in [0.3, 0.4) is 0 Å². The van der Waals surface area contributed by atoms with Crippen LogP contribution in [0.1, 0.15) is 63.9 Å². The molecule has 0 atom stereocenters. The van der Waals surface area contributed by atoms with Crippen molar-refractivity contribution in [2.45, 2.75) is 58.9 Å². The van der Waals surface area contributed by atoms with Gasteiger partial charge in [0.1, 0.15) is 26.2 Å². The molecule has 3 aromatic rings. The number of aromatic nitrogens is 5. The van der Waals surface area contributed by atoms with Gasteiger partial charge in [-0.25, -0.2) is 4.98 Å². The lowest BCUT2D eigenvalue weighted by atomic mass is 9.84. The summed E-state index contributed by atoms with van der Waals surface area (Å²) < 4.78 is 8.50. The average molecular weight is 588 g/mol. The number of aliphatic imine (C=N–C) groups is 1. The number of unbranched alkanes of at least 4 members (excludes halogenated alkanes) is 1.